The fraction of sp³-hybridized carbons (Fsp3) is 0.467. The van der Waals surface area contributed by atoms with E-state index in [4.69, 9.17) is 5.11 Å². The first-order valence-corrected chi connectivity index (χ1v) is 8.53. The van der Waals surface area contributed by atoms with Gasteiger partial charge in [0.05, 0.1) is 12.0 Å². The van der Waals surface area contributed by atoms with Gasteiger partial charge in [-0.1, -0.05) is 6.92 Å². The van der Waals surface area contributed by atoms with Gasteiger partial charge in [-0.3, -0.25) is 4.79 Å². The molecule has 120 valence electrons. The van der Waals surface area contributed by atoms with Gasteiger partial charge in [0.1, 0.15) is 11.2 Å². The molecule has 8 heteroatoms. The van der Waals surface area contributed by atoms with Crippen molar-refractivity contribution in [3.63, 3.8) is 0 Å². The summed E-state index contributed by atoms with van der Waals surface area (Å²) in [4.78, 5) is 23.3. The number of aliphatic hydroxyl groups excluding tert-OH is 1. The van der Waals surface area contributed by atoms with Gasteiger partial charge in [-0.25, -0.2) is 14.5 Å². The molecule has 0 fully saturated rings. The number of carbonyl (C=O) groups is 1. The quantitative estimate of drug-likeness (QED) is 0.752. The number of thiophene rings is 1. The van der Waals surface area contributed by atoms with E-state index in [1.165, 1.54) is 16.9 Å². The SMILES string of the molecule is CC1CCc2sc3ncn4nc(C(=O)NCCO)nc4c3c2C1. The number of amides is 1. The van der Waals surface area contributed by atoms with Crippen LogP contribution in [0.25, 0.3) is 15.9 Å². The first-order chi connectivity index (χ1) is 11.2. The number of hydrogen-bond acceptors (Lipinski definition) is 6. The number of nitrogens with one attached hydrogen (secondary N) is 1. The smallest absolute Gasteiger partial charge is 0.291 e. The summed E-state index contributed by atoms with van der Waals surface area (Å²) in [6.45, 7) is 2.34. The molecule has 0 aromatic carbocycles. The van der Waals surface area contributed by atoms with Crippen molar-refractivity contribution in [1.29, 1.82) is 0 Å². The Morgan fingerprint density at radius 1 is 1.57 bits per heavy atom. The third-order valence-electron chi connectivity index (χ3n) is 4.23. The largest absolute Gasteiger partial charge is 0.395 e. The predicted molar refractivity (Wildman–Crippen MR) is 86.8 cm³/mol. The van der Waals surface area contributed by atoms with Gasteiger partial charge in [-0.2, -0.15) is 0 Å². The average Bonchev–Trinajstić information content (AvgIpc) is 3.12. The van der Waals surface area contributed by atoms with Crippen LogP contribution in [0.5, 0.6) is 0 Å². The van der Waals surface area contributed by atoms with Gasteiger partial charge < -0.3 is 10.4 Å². The molecule has 7 nitrogen and oxygen atoms in total. The molecule has 1 atom stereocenters. The van der Waals surface area contributed by atoms with Crippen molar-refractivity contribution in [2.75, 3.05) is 13.2 Å². The average molecular weight is 331 g/mol. The molecular formula is C15H17N5O2S. The fourth-order valence-electron chi connectivity index (χ4n) is 3.09. The highest BCUT2D eigenvalue weighted by molar-refractivity contribution is 7.19. The van der Waals surface area contributed by atoms with Crippen molar-refractivity contribution in [2.24, 2.45) is 5.92 Å². The van der Waals surface area contributed by atoms with Crippen molar-refractivity contribution in [1.82, 2.24) is 24.9 Å². The number of fused-ring (bicyclic) bond motifs is 5. The minimum Gasteiger partial charge on any atom is -0.395 e. The lowest BCUT2D eigenvalue weighted by atomic mass is 9.89. The number of rotatable bonds is 3. The van der Waals surface area contributed by atoms with E-state index >= 15 is 0 Å². The summed E-state index contributed by atoms with van der Waals surface area (Å²) in [5, 5.41) is 16.6. The van der Waals surface area contributed by atoms with Crippen molar-refractivity contribution < 1.29 is 9.90 Å². The van der Waals surface area contributed by atoms with Crippen molar-refractivity contribution in [2.45, 2.75) is 26.2 Å². The molecule has 1 amide bonds. The Labute approximate surface area is 136 Å². The number of aromatic nitrogens is 4. The van der Waals surface area contributed by atoms with Gasteiger partial charge in [-0.15, -0.1) is 16.4 Å². The van der Waals surface area contributed by atoms with Crippen LogP contribution in [0, 0.1) is 5.92 Å². The van der Waals surface area contributed by atoms with Crippen LogP contribution in [0.2, 0.25) is 0 Å². The lowest BCUT2D eigenvalue weighted by Crippen LogP contribution is -2.27. The zero-order valence-corrected chi connectivity index (χ0v) is 13.6. The topological polar surface area (TPSA) is 92.4 Å². The Hall–Kier alpha value is -2.06. The van der Waals surface area contributed by atoms with Gasteiger partial charge in [-0.05, 0) is 30.7 Å². The Morgan fingerprint density at radius 3 is 3.26 bits per heavy atom. The third kappa shape index (κ3) is 2.38. The van der Waals surface area contributed by atoms with Crippen LogP contribution in [0.1, 0.15) is 34.4 Å². The Morgan fingerprint density at radius 2 is 2.43 bits per heavy atom. The first-order valence-electron chi connectivity index (χ1n) is 7.72. The molecule has 4 rings (SSSR count). The van der Waals surface area contributed by atoms with Crippen molar-refractivity contribution >= 4 is 33.1 Å². The minimum atomic E-state index is -0.381. The molecule has 0 radical (unpaired) electrons. The van der Waals surface area contributed by atoms with E-state index in [0.717, 1.165) is 23.1 Å². The van der Waals surface area contributed by atoms with Gasteiger partial charge in [0.25, 0.3) is 5.91 Å². The van der Waals surface area contributed by atoms with Crippen LogP contribution in [0.3, 0.4) is 0 Å². The lowest BCUT2D eigenvalue weighted by molar-refractivity contribution is 0.0934. The van der Waals surface area contributed by atoms with E-state index in [1.807, 2.05) is 0 Å². The normalized spacial score (nSPS) is 17.6. The second kappa shape index (κ2) is 5.54. The lowest BCUT2D eigenvalue weighted by Gasteiger charge is -2.17. The second-order valence-corrected chi connectivity index (χ2v) is 7.04. The summed E-state index contributed by atoms with van der Waals surface area (Å²) in [7, 11) is 0. The highest BCUT2D eigenvalue weighted by Crippen LogP contribution is 2.38. The summed E-state index contributed by atoms with van der Waals surface area (Å²) in [6, 6.07) is 0. The van der Waals surface area contributed by atoms with Crippen LogP contribution in [-0.2, 0) is 12.8 Å². The molecule has 3 aromatic rings. The van der Waals surface area contributed by atoms with E-state index in [1.54, 1.807) is 22.2 Å². The van der Waals surface area contributed by atoms with E-state index in [0.29, 0.717) is 11.6 Å². The molecule has 1 unspecified atom stereocenters. The molecule has 0 bridgehead atoms. The standard InChI is InChI=1S/C15H17N5O2S/c1-8-2-3-10-9(6-8)11-13-18-12(14(22)16-4-5-21)19-20(13)7-17-15(11)23-10/h7-8,21H,2-6H2,1H3,(H,16,22). The molecule has 0 saturated carbocycles. The summed E-state index contributed by atoms with van der Waals surface area (Å²) in [5.41, 5.74) is 2.01. The van der Waals surface area contributed by atoms with Gasteiger partial charge in [0, 0.05) is 11.4 Å². The summed E-state index contributed by atoms with van der Waals surface area (Å²) >= 11 is 1.72. The first kappa shape index (κ1) is 14.5. The minimum absolute atomic E-state index is 0.108. The maximum atomic E-state index is 12.0. The molecule has 0 spiro atoms. The van der Waals surface area contributed by atoms with E-state index < -0.39 is 0 Å². The van der Waals surface area contributed by atoms with E-state index in [-0.39, 0.29) is 24.9 Å². The molecule has 0 saturated heterocycles. The van der Waals surface area contributed by atoms with Crippen LogP contribution in [0.15, 0.2) is 6.33 Å². The maximum absolute atomic E-state index is 12.0. The summed E-state index contributed by atoms with van der Waals surface area (Å²) in [5.74, 6) is 0.376. The van der Waals surface area contributed by atoms with E-state index in [9.17, 15) is 4.79 Å². The molecule has 0 aliphatic heterocycles. The number of aliphatic hydroxyl groups is 1. The van der Waals surface area contributed by atoms with Crippen molar-refractivity contribution in [3.05, 3.63) is 22.6 Å². The Kier molecular flexibility index (Phi) is 3.50. The van der Waals surface area contributed by atoms with Gasteiger partial charge in [0.2, 0.25) is 5.82 Å². The fourth-order valence-corrected chi connectivity index (χ4v) is 4.27. The Bertz CT molecular complexity index is 900. The number of carbonyl (C=O) groups excluding carboxylic acids is 1. The third-order valence-corrected chi connectivity index (χ3v) is 5.43. The van der Waals surface area contributed by atoms with Crippen LogP contribution >= 0.6 is 11.3 Å². The highest BCUT2D eigenvalue weighted by atomic mass is 32.1. The number of nitrogens with zero attached hydrogens (tertiary/aromatic N) is 4. The molecule has 1 aliphatic rings. The predicted octanol–water partition coefficient (Wildman–Crippen LogP) is 1.19. The zero-order valence-electron chi connectivity index (χ0n) is 12.7. The summed E-state index contributed by atoms with van der Waals surface area (Å²) in [6.07, 6.45) is 4.92. The zero-order chi connectivity index (χ0) is 16.0. The molecule has 2 N–H and O–H groups in total. The van der Waals surface area contributed by atoms with E-state index in [2.05, 4.69) is 27.3 Å². The molecule has 23 heavy (non-hydrogen) atoms. The molecule has 3 heterocycles. The highest BCUT2D eigenvalue weighted by Gasteiger charge is 2.24. The molecular weight excluding hydrogens is 314 g/mol. The molecule has 1 aliphatic carbocycles. The van der Waals surface area contributed by atoms with Crippen LogP contribution < -0.4 is 5.32 Å². The monoisotopic (exact) mass is 331 g/mol. The Balaban J connectivity index is 1.86. The van der Waals surface area contributed by atoms with Crippen molar-refractivity contribution in [3.8, 4) is 0 Å². The van der Waals surface area contributed by atoms with Crippen LogP contribution in [0.4, 0.5) is 0 Å². The molecule has 3 aromatic heterocycles. The maximum Gasteiger partial charge on any atom is 0.291 e. The number of hydrogen-bond donors (Lipinski definition) is 2. The second-order valence-electron chi connectivity index (χ2n) is 5.96. The van der Waals surface area contributed by atoms with Crippen LogP contribution in [-0.4, -0.2) is 43.7 Å². The van der Waals surface area contributed by atoms with Gasteiger partial charge in [0.15, 0.2) is 5.65 Å². The van der Waals surface area contributed by atoms with Gasteiger partial charge >= 0.3 is 0 Å². The summed E-state index contributed by atoms with van der Waals surface area (Å²) < 4.78 is 1.57. The number of aryl methyl sites for hydroxylation is 1.